The molecule has 0 amide bonds. The second-order valence-electron chi connectivity index (χ2n) is 4.03. The maximum absolute atomic E-state index is 13.0. The smallest absolute Gasteiger partial charge is 0.238 e. The van der Waals surface area contributed by atoms with Crippen molar-refractivity contribution in [2.45, 2.75) is 12.7 Å². The van der Waals surface area contributed by atoms with E-state index in [9.17, 15) is 12.8 Å². The standard InChI is InChI=1S/C11H12FN3O3S/c1-7-4-9(14-18-7)6-19(16,17)15-8-2-3-10(12)11(13)5-8/h2-5,15H,6,13H2,1H3. The van der Waals surface area contributed by atoms with E-state index in [2.05, 4.69) is 9.88 Å². The van der Waals surface area contributed by atoms with Gasteiger partial charge in [0, 0.05) is 6.07 Å². The second-order valence-corrected chi connectivity index (χ2v) is 5.75. The molecule has 0 aliphatic rings. The van der Waals surface area contributed by atoms with Gasteiger partial charge in [0.05, 0.1) is 11.4 Å². The molecule has 8 heteroatoms. The number of anilines is 2. The van der Waals surface area contributed by atoms with Gasteiger partial charge in [-0.15, -0.1) is 0 Å². The summed E-state index contributed by atoms with van der Waals surface area (Å²) in [5.41, 5.74) is 5.72. The van der Waals surface area contributed by atoms with Crippen molar-refractivity contribution in [3.05, 3.63) is 41.5 Å². The Morgan fingerprint density at radius 3 is 2.74 bits per heavy atom. The molecular weight excluding hydrogens is 273 g/mol. The van der Waals surface area contributed by atoms with Crippen LogP contribution >= 0.6 is 0 Å². The molecule has 0 aliphatic heterocycles. The largest absolute Gasteiger partial charge is 0.396 e. The highest BCUT2D eigenvalue weighted by atomic mass is 32.2. The molecule has 102 valence electrons. The van der Waals surface area contributed by atoms with Gasteiger partial charge in [-0.2, -0.15) is 0 Å². The molecule has 0 atom stereocenters. The molecule has 0 saturated heterocycles. The third-order valence-corrected chi connectivity index (χ3v) is 3.51. The summed E-state index contributed by atoms with van der Waals surface area (Å²) in [6, 6.07) is 5.11. The summed E-state index contributed by atoms with van der Waals surface area (Å²) in [6.45, 7) is 1.66. The fourth-order valence-corrected chi connectivity index (χ4v) is 2.59. The lowest BCUT2D eigenvalue weighted by molar-refractivity contribution is 0.392. The van der Waals surface area contributed by atoms with Crippen molar-refractivity contribution in [2.75, 3.05) is 10.5 Å². The van der Waals surface area contributed by atoms with Crippen LogP contribution in [0.25, 0.3) is 0 Å². The lowest BCUT2D eigenvalue weighted by Gasteiger charge is -2.07. The van der Waals surface area contributed by atoms with Gasteiger partial charge in [-0.05, 0) is 25.1 Å². The Kier molecular flexibility index (Phi) is 3.43. The zero-order valence-electron chi connectivity index (χ0n) is 10.1. The molecule has 19 heavy (non-hydrogen) atoms. The van der Waals surface area contributed by atoms with Crippen LogP contribution in [-0.4, -0.2) is 13.6 Å². The third-order valence-electron chi connectivity index (χ3n) is 2.28. The summed E-state index contributed by atoms with van der Waals surface area (Å²) in [7, 11) is -3.65. The van der Waals surface area contributed by atoms with Gasteiger partial charge >= 0.3 is 0 Å². The summed E-state index contributed by atoms with van der Waals surface area (Å²) in [5.74, 6) is -0.409. The number of nitrogens with zero attached hydrogens (tertiary/aromatic N) is 1. The van der Waals surface area contributed by atoms with E-state index in [0.717, 1.165) is 6.07 Å². The van der Waals surface area contributed by atoms with Gasteiger partial charge in [0.1, 0.15) is 23.0 Å². The highest BCUT2D eigenvalue weighted by molar-refractivity contribution is 7.91. The van der Waals surface area contributed by atoms with Crippen LogP contribution in [0.4, 0.5) is 15.8 Å². The number of hydrogen-bond donors (Lipinski definition) is 2. The van der Waals surface area contributed by atoms with E-state index in [1.807, 2.05) is 0 Å². The Labute approximate surface area is 109 Å². The normalized spacial score (nSPS) is 11.5. The van der Waals surface area contributed by atoms with E-state index >= 15 is 0 Å². The number of sulfonamides is 1. The predicted octanol–water partition coefficient (Wildman–Crippen LogP) is 1.65. The zero-order chi connectivity index (χ0) is 14.0. The topological polar surface area (TPSA) is 98.2 Å². The minimum absolute atomic E-state index is 0.127. The molecular formula is C11H12FN3O3S. The Bertz CT molecular complexity index is 697. The van der Waals surface area contributed by atoms with Crippen LogP contribution in [0.2, 0.25) is 0 Å². The minimum Gasteiger partial charge on any atom is -0.396 e. The van der Waals surface area contributed by atoms with E-state index < -0.39 is 15.8 Å². The van der Waals surface area contributed by atoms with Gasteiger partial charge in [0.15, 0.2) is 0 Å². The second kappa shape index (κ2) is 4.88. The Morgan fingerprint density at radius 1 is 1.42 bits per heavy atom. The number of rotatable bonds is 4. The summed E-state index contributed by atoms with van der Waals surface area (Å²) in [4.78, 5) is 0. The Balaban J connectivity index is 2.14. The first-order valence-corrected chi connectivity index (χ1v) is 6.99. The van der Waals surface area contributed by atoms with Crippen molar-refractivity contribution < 1.29 is 17.3 Å². The van der Waals surface area contributed by atoms with Gasteiger partial charge in [0.2, 0.25) is 10.0 Å². The molecule has 0 spiro atoms. The first-order chi connectivity index (χ1) is 8.85. The summed E-state index contributed by atoms with van der Waals surface area (Å²) in [5, 5.41) is 3.60. The van der Waals surface area contributed by atoms with E-state index in [-0.39, 0.29) is 17.1 Å². The quantitative estimate of drug-likeness (QED) is 0.832. The minimum atomic E-state index is -3.65. The van der Waals surface area contributed by atoms with E-state index in [0.29, 0.717) is 11.5 Å². The Hall–Kier alpha value is -2.09. The molecule has 0 radical (unpaired) electrons. The lowest BCUT2D eigenvalue weighted by atomic mass is 10.3. The first-order valence-electron chi connectivity index (χ1n) is 5.33. The number of benzene rings is 1. The van der Waals surface area contributed by atoms with Gasteiger partial charge in [0.25, 0.3) is 0 Å². The molecule has 0 aliphatic carbocycles. The van der Waals surface area contributed by atoms with E-state index in [1.54, 1.807) is 6.92 Å². The van der Waals surface area contributed by atoms with Gasteiger partial charge in [-0.25, -0.2) is 12.8 Å². The zero-order valence-corrected chi connectivity index (χ0v) is 10.9. The van der Waals surface area contributed by atoms with Crippen molar-refractivity contribution in [2.24, 2.45) is 0 Å². The van der Waals surface area contributed by atoms with Crippen LogP contribution in [-0.2, 0) is 15.8 Å². The molecule has 0 fully saturated rings. The number of hydrogen-bond acceptors (Lipinski definition) is 5. The van der Waals surface area contributed by atoms with Crippen molar-refractivity contribution >= 4 is 21.4 Å². The van der Waals surface area contributed by atoms with E-state index in [1.165, 1.54) is 18.2 Å². The van der Waals surface area contributed by atoms with Crippen molar-refractivity contribution in [3.8, 4) is 0 Å². The van der Waals surface area contributed by atoms with Crippen LogP contribution < -0.4 is 10.5 Å². The molecule has 2 rings (SSSR count). The number of aromatic nitrogens is 1. The van der Waals surface area contributed by atoms with Crippen molar-refractivity contribution in [1.82, 2.24) is 5.16 Å². The fourth-order valence-electron chi connectivity index (χ4n) is 1.50. The molecule has 1 aromatic carbocycles. The summed E-state index contributed by atoms with van der Waals surface area (Å²) in [6.07, 6.45) is 0. The highest BCUT2D eigenvalue weighted by Gasteiger charge is 2.15. The molecule has 0 unspecified atom stereocenters. The van der Waals surface area contributed by atoms with Gasteiger partial charge in [-0.3, -0.25) is 4.72 Å². The fraction of sp³-hybridized carbons (Fsp3) is 0.182. The molecule has 3 N–H and O–H groups in total. The van der Waals surface area contributed by atoms with Gasteiger partial charge in [-0.1, -0.05) is 5.16 Å². The lowest BCUT2D eigenvalue weighted by Crippen LogP contribution is -2.15. The predicted molar refractivity (Wildman–Crippen MR) is 68.3 cm³/mol. The molecule has 2 aromatic rings. The van der Waals surface area contributed by atoms with Gasteiger partial charge < -0.3 is 10.3 Å². The number of nitrogens with one attached hydrogen (secondary N) is 1. The van der Waals surface area contributed by atoms with Crippen LogP contribution in [0.15, 0.2) is 28.8 Å². The molecule has 0 saturated carbocycles. The average molecular weight is 285 g/mol. The molecule has 0 bridgehead atoms. The monoisotopic (exact) mass is 285 g/mol. The summed E-state index contributed by atoms with van der Waals surface area (Å²) >= 11 is 0. The third kappa shape index (κ3) is 3.44. The molecule has 1 aromatic heterocycles. The number of nitrogens with two attached hydrogens (primary N) is 1. The van der Waals surface area contributed by atoms with Crippen LogP contribution in [0.3, 0.4) is 0 Å². The maximum atomic E-state index is 13.0. The molecule has 6 nitrogen and oxygen atoms in total. The van der Waals surface area contributed by atoms with Crippen LogP contribution in [0.1, 0.15) is 11.5 Å². The maximum Gasteiger partial charge on any atom is 0.238 e. The van der Waals surface area contributed by atoms with Crippen LogP contribution in [0.5, 0.6) is 0 Å². The first kappa shape index (κ1) is 13.3. The summed E-state index contributed by atoms with van der Waals surface area (Å²) < 4.78 is 43.7. The number of halogens is 1. The number of aryl methyl sites for hydroxylation is 1. The van der Waals surface area contributed by atoms with Crippen LogP contribution in [0, 0.1) is 12.7 Å². The SMILES string of the molecule is Cc1cc(CS(=O)(=O)Nc2ccc(F)c(N)c2)no1. The Morgan fingerprint density at radius 2 is 2.16 bits per heavy atom. The highest BCUT2D eigenvalue weighted by Crippen LogP contribution is 2.18. The van der Waals surface area contributed by atoms with Crippen molar-refractivity contribution in [3.63, 3.8) is 0 Å². The van der Waals surface area contributed by atoms with Crippen molar-refractivity contribution in [1.29, 1.82) is 0 Å². The average Bonchev–Trinajstić information content (AvgIpc) is 2.68. The number of nitrogen functional groups attached to an aromatic ring is 1. The molecule has 1 heterocycles. The van der Waals surface area contributed by atoms with E-state index in [4.69, 9.17) is 10.3 Å².